The smallest absolute Gasteiger partial charge is 0.336 e. The number of ether oxygens (including phenoxy) is 2. The Hall–Kier alpha value is -4.07. The summed E-state index contributed by atoms with van der Waals surface area (Å²) in [7, 11) is -2.47. The van der Waals surface area contributed by atoms with E-state index < -0.39 is 38.0 Å². The van der Waals surface area contributed by atoms with Crippen molar-refractivity contribution in [2.45, 2.75) is 30.0 Å². The van der Waals surface area contributed by atoms with E-state index in [4.69, 9.17) is 9.47 Å². The maximum absolute atomic E-state index is 13.5. The van der Waals surface area contributed by atoms with Gasteiger partial charge >= 0.3 is 11.9 Å². The van der Waals surface area contributed by atoms with Crippen LogP contribution in [-0.2, 0) is 28.9 Å². The van der Waals surface area contributed by atoms with Gasteiger partial charge in [0.15, 0.2) is 9.84 Å². The minimum Gasteiger partial charge on any atom is -0.466 e. The zero-order valence-electron chi connectivity index (χ0n) is 23.0. The average molecular weight is 585 g/mol. The van der Waals surface area contributed by atoms with Gasteiger partial charge in [0, 0.05) is 49.7 Å². The molecule has 0 aromatic heterocycles. The number of hydrogen-bond donors (Lipinski definition) is 2. The molecule has 2 aliphatic rings. The maximum atomic E-state index is 13.5. The number of nitrogens with zero attached hydrogens (tertiary/aromatic N) is 2. The highest BCUT2D eigenvalue weighted by molar-refractivity contribution is 7.92. The number of esters is 2. The highest BCUT2D eigenvalue weighted by atomic mass is 32.2. The second-order valence-electron chi connectivity index (χ2n) is 9.67. The van der Waals surface area contributed by atoms with Gasteiger partial charge < -0.3 is 20.1 Å². The van der Waals surface area contributed by atoms with Gasteiger partial charge in [-0.3, -0.25) is 15.0 Å². The summed E-state index contributed by atoms with van der Waals surface area (Å²) in [6.45, 7) is 4.57. The van der Waals surface area contributed by atoms with Crippen molar-refractivity contribution in [2.75, 3.05) is 39.9 Å². The van der Waals surface area contributed by atoms with Crippen molar-refractivity contribution in [3.8, 4) is 0 Å². The number of nitro benzene ring substituents is 1. The predicted octanol–water partition coefficient (Wildman–Crippen LogP) is 2.25. The number of carbonyl (C=O) groups is 2. The number of carbonyl (C=O) groups excluding carboxylic acids is 2. The number of piperazine rings is 1. The Balaban J connectivity index is 1.57. The number of methoxy groups -OCH3 is 1. The van der Waals surface area contributed by atoms with E-state index in [-0.39, 0.29) is 41.4 Å². The van der Waals surface area contributed by atoms with E-state index in [1.165, 1.54) is 25.3 Å². The average Bonchev–Trinajstić information content (AvgIpc) is 2.97. The van der Waals surface area contributed by atoms with Crippen molar-refractivity contribution in [1.82, 2.24) is 15.5 Å². The number of nitrogens with one attached hydrogen (secondary N) is 2. The van der Waals surface area contributed by atoms with Crippen LogP contribution in [0.1, 0.15) is 25.3 Å². The lowest BCUT2D eigenvalue weighted by Gasteiger charge is -2.35. The molecule has 41 heavy (non-hydrogen) atoms. The molecule has 218 valence electrons. The summed E-state index contributed by atoms with van der Waals surface area (Å²) in [4.78, 5) is 39.2. The van der Waals surface area contributed by atoms with Crippen molar-refractivity contribution in [1.29, 1.82) is 0 Å². The number of nitro groups is 1. The van der Waals surface area contributed by atoms with Gasteiger partial charge in [-0.15, -0.1) is 0 Å². The van der Waals surface area contributed by atoms with Crippen LogP contribution >= 0.6 is 0 Å². The molecule has 0 saturated carbocycles. The summed E-state index contributed by atoms with van der Waals surface area (Å²) in [6, 6.07) is 13.9. The van der Waals surface area contributed by atoms with Crippen LogP contribution in [-0.4, -0.2) is 75.4 Å². The van der Waals surface area contributed by atoms with Gasteiger partial charge in [-0.05, 0) is 31.5 Å². The largest absolute Gasteiger partial charge is 0.466 e. The standard InChI is InChI=1S/C28H32N4O8S/c1-18-24(27(33)39-3)26(20-8-7-9-21(16-20)32(35)36)25(19(2)30-18)28(34)40-15-14-31-13-12-29-17-23(31)41(37,38)22-10-5-4-6-11-22/h4-11,16,23,26,29-30H,12-15,17H2,1-3H3. The Kier molecular flexibility index (Phi) is 9.21. The van der Waals surface area contributed by atoms with Crippen molar-refractivity contribution in [3.63, 3.8) is 0 Å². The lowest BCUT2D eigenvalue weighted by Crippen LogP contribution is -2.55. The highest BCUT2D eigenvalue weighted by Crippen LogP contribution is 2.40. The SMILES string of the molecule is COC(=O)C1=C(C)NC(C)=C(C(=O)OCCN2CCNCC2S(=O)(=O)c2ccccc2)C1c1cccc([N+](=O)[O-])c1. The molecule has 0 aliphatic carbocycles. The first kappa shape index (κ1) is 29.9. The number of hydrogen-bond acceptors (Lipinski definition) is 11. The lowest BCUT2D eigenvalue weighted by molar-refractivity contribution is -0.384. The fraction of sp³-hybridized carbons (Fsp3) is 0.357. The van der Waals surface area contributed by atoms with Crippen LogP contribution < -0.4 is 10.6 Å². The third-order valence-corrected chi connectivity index (χ3v) is 9.25. The molecule has 0 bridgehead atoms. The van der Waals surface area contributed by atoms with Gasteiger partial charge in [0.2, 0.25) is 0 Å². The first-order valence-corrected chi connectivity index (χ1v) is 14.5. The summed E-state index contributed by atoms with van der Waals surface area (Å²) in [5.74, 6) is -2.42. The molecule has 2 aliphatic heterocycles. The molecule has 2 atom stereocenters. The first-order valence-electron chi connectivity index (χ1n) is 13.0. The van der Waals surface area contributed by atoms with Crippen LogP contribution in [0.3, 0.4) is 0 Å². The third-order valence-electron chi connectivity index (χ3n) is 7.14. The Morgan fingerprint density at radius 1 is 1.05 bits per heavy atom. The van der Waals surface area contributed by atoms with E-state index in [0.717, 1.165) is 0 Å². The molecule has 1 fully saturated rings. The monoisotopic (exact) mass is 584 g/mol. The van der Waals surface area contributed by atoms with Crippen LogP contribution in [0.15, 0.2) is 82.0 Å². The van der Waals surface area contributed by atoms with E-state index in [1.54, 1.807) is 55.1 Å². The second kappa shape index (κ2) is 12.6. The van der Waals surface area contributed by atoms with Crippen molar-refractivity contribution in [2.24, 2.45) is 0 Å². The Labute approximate surface area is 238 Å². The Morgan fingerprint density at radius 2 is 1.73 bits per heavy atom. The molecule has 2 aromatic carbocycles. The fourth-order valence-corrected chi connectivity index (χ4v) is 6.97. The summed E-state index contributed by atoms with van der Waals surface area (Å²) >= 11 is 0. The molecule has 2 heterocycles. The number of allylic oxidation sites excluding steroid dienone is 2. The Morgan fingerprint density at radius 3 is 2.39 bits per heavy atom. The van der Waals surface area contributed by atoms with Gasteiger partial charge in [-0.1, -0.05) is 30.3 Å². The normalized spacial score (nSPS) is 19.9. The maximum Gasteiger partial charge on any atom is 0.336 e. The van der Waals surface area contributed by atoms with Crippen molar-refractivity contribution < 1.29 is 32.4 Å². The molecule has 2 N–H and O–H groups in total. The molecule has 0 amide bonds. The summed E-state index contributed by atoms with van der Waals surface area (Å²) < 4.78 is 37.3. The third kappa shape index (κ3) is 6.32. The van der Waals surface area contributed by atoms with Gasteiger partial charge in [0.05, 0.1) is 34.0 Å². The van der Waals surface area contributed by atoms with Crippen LogP contribution in [0.5, 0.6) is 0 Å². The number of non-ortho nitro benzene ring substituents is 1. The van der Waals surface area contributed by atoms with Crippen LogP contribution in [0.2, 0.25) is 0 Å². The molecule has 4 rings (SSSR count). The molecule has 1 saturated heterocycles. The molecule has 13 heteroatoms. The molecule has 0 spiro atoms. The summed E-state index contributed by atoms with van der Waals surface area (Å²) in [6.07, 6.45) is 0. The fourth-order valence-electron chi connectivity index (χ4n) is 5.18. The van der Waals surface area contributed by atoms with Crippen LogP contribution in [0.25, 0.3) is 0 Å². The summed E-state index contributed by atoms with van der Waals surface area (Å²) in [5.41, 5.74) is 1.24. The number of dihydropyridines is 1. The van der Waals surface area contributed by atoms with Crippen LogP contribution in [0.4, 0.5) is 5.69 Å². The van der Waals surface area contributed by atoms with Crippen molar-refractivity contribution >= 4 is 27.5 Å². The topological polar surface area (TPSA) is 157 Å². The molecule has 2 unspecified atom stereocenters. The zero-order valence-corrected chi connectivity index (χ0v) is 23.8. The van der Waals surface area contributed by atoms with E-state index >= 15 is 0 Å². The quantitative estimate of drug-likeness (QED) is 0.253. The van der Waals surface area contributed by atoms with Gasteiger partial charge in [0.1, 0.15) is 12.0 Å². The van der Waals surface area contributed by atoms with Crippen LogP contribution in [0, 0.1) is 10.1 Å². The predicted molar refractivity (Wildman–Crippen MR) is 149 cm³/mol. The highest BCUT2D eigenvalue weighted by Gasteiger charge is 2.39. The summed E-state index contributed by atoms with van der Waals surface area (Å²) in [5, 5.41) is 16.8. The van der Waals surface area contributed by atoms with E-state index in [1.807, 2.05) is 0 Å². The molecule has 0 radical (unpaired) electrons. The second-order valence-corrected chi connectivity index (χ2v) is 11.8. The van der Waals surface area contributed by atoms with Gasteiger partial charge in [-0.25, -0.2) is 18.0 Å². The Bertz CT molecular complexity index is 1500. The van der Waals surface area contributed by atoms with E-state index in [2.05, 4.69) is 10.6 Å². The van der Waals surface area contributed by atoms with E-state index in [0.29, 0.717) is 30.0 Å². The minimum atomic E-state index is -3.68. The number of benzene rings is 2. The molecule has 2 aromatic rings. The van der Waals surface area contributed by atoms with Gasteiger partial charge in [0.25, 0.3) is 5.69 Å². The number of rotatable bonds is 9. The zero-order chi connectivity index (χ0) is 29.7. The first-order chi connectivity index (χ1) is 19.6. The molecule has 12 nitrogen and oxygen atoms in total. The number of sulfone groups is 1. The lowest BCUT2D eigenvalue weighted by atomic mass is 9.80. The van der Waals surface area contributed by atoms with Gasteiger partial charge in [-0.2, -0.15) is 0 Å². The molecular formula is C28H32N4O8S. The minimum absolute atomic E-state index is 0.102. The molecular weight excluding hydrogens is 552 g/mol. The van der Waals surface area contributed by atoms with E-state index in [9.17, 15) is 28.1 Å². The van der Waals surface area contributed by atoms with Crippen molar-refractivity contribution in [3.05, 3.63) is 92.8 Å².